The fraction of sp³-hybridized carbons (Fsp3) is 1.00. The zero-order chi connectivity index (χ0) is 9.56. The van der Waals surface area contributed by atoms with Gasteiger partial charge < -0.3 is 0 Å². The number of alkyl halides is 3. The lowest BCUT2D eigenvalue weighted by molar-refractivity contribution is 0.0733. The highest BCUT2D eigenvalue weighted by Crippen LogP contribution is 2.04. The van der Waals surface area contributed by atoms with Gasteiger partial charge in [-0.3, -0.25) is 4.90 Å². The van der Waals surface area contributed by atoms with E-state index in [-0.39, 0.29) is 12.6 Å². The summed E-state index contributed by atoms with van der Waals surface area (Å²) in [5.74, 6) is 0.534. The van der Waals surface area contributed by atoms with Crippen LogP contribution in [0.15, 0.2) is 0 Å². The third-order valence-electron chi connectivity index (χ3n) is 1.68. The minimum Gasteiger partial charge on any atom is -0.295 e. The van der Waals surface area contributed by atoms with Crippen LogP contribution in [0.25, 0.3) is 0 Å². The molecule has 0 aliphatic rings. The summed E-state index contributed by atoms with van der Waals surface area (Å²) in [4.78, 5) is 1.74. The van der Waals surface area contributed by atoms with Gasteiger partial charge in [-0.25, -0.2) is 8.78 Å². The van der Waals surface area contributed by atoms with Gasteiger partial charge >= 0.3 is 0 Å². The summed E-state index contributed by atoms with van der Waals surface area (Å²) in [6.45, 7) is 4.34. The molecule has 4 heteroatoms. The van der Waals surface area contributed by atoms with E-state index in [2.05, 4.69) is 0 Å². The van der Waals surface area contributed by atoms with Crippen LogP contribution in [0.2, 0.25) is 0 Å². The molecule has 0 aromatic rings. The first-order valence-corrected chi connectivity index (χ1v) is 4.69. The molecule has 0 saturated heterocycles. The van der Waals surface area contributed by atoms with E-state index < -0.39 is 6.43 Å². The van der Waals surface area contributed by atoms with Crippen molar-refractivity contribution in [2.24, 2.45) is 0 Å². The Morgan fingerprint density at radius 3 is 2.25 bits per heavy atom. The third kappa shape index (κ3) is 5.72. The molecule has 12 heavy (non-hydrogen) atoms. The predicted molar refractivity (Wildman–Crippen MR) is 48.1 cm³/mol. The van der Waals surface area contributed by atoms with E-state index in [1.165, 1.54) is 0 Å². The SMILES string of the molecule is CC(C)N(CCCCl)CC(F)F. The van der Waals surface area contributed by atoms with Gasteiger partial charge in [-0.2, -0.15) is 0 Å². The second-order valence-corrected chi connectivity index (χ2v) is 3.40. The van der Waals surface area contributed by atoms with Crippen LogP contribution in [0.3, 0.4) is 0 Å². The second kappa shape index (κ2) is 6.61. The van der Waals surface area contributed by atoms with Crippen LogP contribution in [0, 0.1) is 0 Å². The molecule has 0 amide bonds. The van der Waals surface area contributed by atoms with Crippen molar-refractivity contribution in [3.8, 4) is 0 Å². The van der Waals surface area contributed by atoms with Crippen LogP contribution in [0.4, 0.5) is 8.78 Å². The summed E-state index contributed by atoms with van der Waals surface area (Å²) >= 11 is 5.47. The fourth-order valence-electron chi connectivity index (χ4n) is 1.00. The molecule has 0 aliphatic carbocycles. The van der Waals surface area contributed by atoms with Gasteiger partial charge in [-0.15, -0.1) is 11.6 Å². The maximum Gasteiger partial charge on any atom is 0.251 e. The molecule has 0 aromatic heterocycles. The molecule has 74 valence electrons. The average Bonchev–Trinajstić information content (AvgIpc) is 1.96. The van der Waals surface area contributed by atoms with Crippen molar-refractivity contribution in [3.05, 3.63) is 0 Å². The highest BCUT2D eigenvalue weighted by molar-refractivity contribution is 6.17. The smallest absolute Gasteiger partial charge is 0.251 e. The van der Waals surface area contributed by atoms with E-state index in [4.69, 9.17) is 11.6 Å². The van der Waals surface area contributed by atoms with Crippen molar-refractivity contribution in [2.75, 3.05) is 19.0 Å². The van der Waals surface area contributed by atoms with Gasteiger partial charge in [-0.05, 0) is 26.8 Å². The standard InChI is InChI=1S/C8H16ClF2N/c1-7(2)12(5-3-4-9)6-8(10)11/h7-8H,3-6H2,1-2H3. The summed E-state index contributed by atoms with van der Waals surface area (Å²) in [5.41, 5.74) is 0. The normalized spacial score (nSPS) is 12.0. The predicted octanol–water partition coefficient (Wildman–Crippen LogP) is 2.59. The first kappa shape index (κ1) is 12.1. The average molecular weight is 200 g/mol. The van der Waals surface area contributed by atoms with Gasteiger partial charge in [0.05, 0.1) is 6.54 Å². The molecule has 0 aromatic carbocycles. The van der Waals surface area contributed by atoms with Crippen molar-refractivity contribution in [3.63, 3.8) is 0 Å². The van der Waals surface area contributed by atoms with Gasteiger partial charge in [0.2, 0.25) is 0 Å². The summed E-state index contributed by atoms with van der Waals surface area (Å²) in [7, 11) is 0. The minimum atomic E-state index is -2.25. The van der Waals surface area contributed by atoms with Gasteiger partial charge in [0.15, 0.2) is 0 Å². The molecule has 0 heterocycles. The number of nitrogens with zero attached hydrogens (tertiary/aromatic N) is 1. The van der Waals surface area contributed by atoms with Crippen molar-refractivity contribution < 1.29 is 8.78 Å². The molecule has 0 unspecified atom stereocenters. The summed E-state index contributed by atoms with van der Waals surface area (Å²) in [6.07, 6.45) is -1.48. The molecule has 0 bridgehead atoms. The van der Waals surface area contributed by atoms with Crippen LogP contribution in [0.5, 0.6) is 0 Å². The van der Waals surface area contributed by atoms with Crippen LogP contribution in [-0.4, -0.2) is 36.3 Å². The molecular formula is C8H16ClF2N. The maximum absolute atomic E-state index is 12.0. The Balaban J connectivity index is 3.70. The fourth-order valence-corrected chi connectivity index (χ4v) is 1.12. The molecular weight excluding hydrogens is 184 g/mol. The molecule has 0 radical (unpaired) electrons. The number of rotatable bonds is 6. The Labute approximate surface area is 77.7 Å². The van der Waals surface area contributed by atoms with E-state index >= 15 is 0 Å². The summed E-state index contributed by atoms with van der Waals surface area (Å²) in [5, 5.41) is 0. The lowest BCUT2D eigenvalue weighted by Gasteiger charge is -2.25. The van der Waals surface area contributed by atoms with Crippen LogP contribution in [0.1, 0.15) is 20.3 Å². The lowest BCUT2D eigenvalue weighted by atomic mass is 10.3. The number of halogens is 3. The molecule has 0 rings (SSSR count). The third-order valence-corrected chi connectivity index (χ3v) is 1.95. The van der Waals surface area contributed by atoms with Crippen LogP contribution < -0.4 is 0 Å². The summed E-state index contributed by atoms with van der Waals surface area (Å²) in [6, 6.07) is 0.169. The van der Waals surface area contributed by atoms with Crippen molar-refractivity contribution >= 4 is 11.6 Å². The van der Waals surface area contributed by atoms with Gasteiger partial charge in [-0.1, -0.05) is 0 Å². The molecule has 1 nitrogen and oxygen atoms in total. The van der Waals surface area contributed by atoms with Crippen LogP contribution >= 0.6 is 11.6 Å². The van der Waals surface area contributed by atoms with E-state index in [1.807, 2.05) is 13.8 Å². The highest BCUT2D eigenvalue weighted by Gasteiger charge is 2.13. The van der Waals surface area contributed by atoms with Gasteiger partial charge in [0.1, 0.15) is 0 Å². The Kier molecular flexibility index (Phi) is 6.67. The molecule has 0 aliphatic heterocycles. The van der Waals surface area contributed by atoms with E-state index in [1.54, 1.807) is 4.90 Å². The topological polar surface area (TPSA) is 3.24 Å². The largest absolute Gasteiger partial charge is 0.295 e. The Morgan fingerprint density at radius 1 is 1.33 bits per heavy atom. The molecule has 0 fully saturated rings. The van der Waals surface area contributed by atoms with Gasteiger partial charge in [0, 0.05) is 11.9 Å². The highest BCUT2D eigenvalue weighted by atomic mass is 35.5. The quantitative estimate of drug-likeness (QED) is 0.595. The van der Waals surface area contributed by atoms with Crippen LogP contribution in [-0.2, 0) is 0 Å². The molecule has 0 N–H and O–H groups in total. The molecule has 0 saturated carbocycles. The van der Waals surface area contributed by atoms with E-state index in [0.717, 1.165) is 6.42 Å². The van der Waals surface area contributed by atoms with Crippen molar-refractivity contribution in [2.45, 2.75) is 32.7 Å². The Bertz CT molecular complexity index is 109. The van der Waals surface area contributed by atoms with Crippen molar-refractivity contribution in [1.29, 1.82) is 0 Å². The van der Waals surface area contributed by atoms with E-state index in [0.29, 0.717) is 12.4 Å². The molecule has 0 spiro atoms. The van der Waals surface area contributed by atoms with Crippen molar-refractivity contribution in [1.82, 2.24) is 4.90 Å². The van der Waals surface area contributed by atoms with Gasteiger partial charge in [0.25, 0.3) is 6.43 Å². The Hall–Kier alpha value is 0.110. The number of hydrogen-bond donors (Lipinski definition) is 0. The summed E-state index contributed by atoms with van der Waals surface area (Å²) < 4.78 is 24.0. The maximum atomic E-state index is 12.0. The minimum absolute atomic E-state index is 0.144. The lowest BCUT2D eigenvalue weighted by Crippen LogP contribution is -2.36. The Morgan fingerprint density at radius 2 is 1.92 bits per heavy atom. The monoisotopic (exact) mass is 199 g/mol. The first-order chi connectivity index (χ1) is 5.57. The number of hydrogen-bond acceptors (Lipinski definition) is 1. The zero-order valence-electron chi connectivity index (χ0n) is 7.56. The second-order valence-electron chi connectivity index (χ2n) is 3.02. The van der Waals surface area contributed by atoms with E-state index in [9.17, 15) is 8.78 Å². The zero-order valence-corrected chi connectivity index (χ0v) is 8.32. The molecule has 0 atom stereocenters. The first-order valence-electron chi connectivity index (χ1n) is 4.16.